The molecular formula is C15H19N2O2+. The lowest BCUT2D eigenvalue weighted by atomic mass is 9.85. The summed E-state index contributed by atoms with van der Waals surface area (Å²) in [5.41, 5.74) is 0.850. The number of carbonyl (C=O) groups excluding carboxylic acids is 1. The van der Waals surface area contributed by atoms with Crippen molar-refractivity contribution in [3.63, 3.8) is 0 Å². The van der Waals surface area contributed by atoms with Gasteiger partial charge in [0.25, 0.3) is 6.04 Å². The second kappa shape index (κ2) is 4.44. The molecule has 0 spiro atoms. The Kier molecular flexibility index (Phi) is 2.88. The van der Waals surface area contributed by atoms with Crippen molar-refractivity contribution in [2.24, 2.45) is 11.0 Å². The fraction of sp³-hybridized carbons (Fsp3) is 0.533. The zero-order valence-corrected chi connectivity index (χ0v) is 11.4. The molecule has 0 radical (unpaired) electrons. The molecule has 3 atom stereocenters. The van der Waals surface area contributed by atoms with Gasteiger partial charge in [-0.1, -0.05) is 29.3 Å². The van der Waals surface area contributed by atoms with Crippen LogP contribution in [0.1, 0.15) is 26.2 Å². The highest BCUT2D eigenvalue weighted by molar-refractivity contribution is 5.75. The number of azo groups is 2. The van der Waals surface area contributed by atoms with Crippen molar-refractivity contribution in [3.8, 4) is 0 Å². The molecule has 0 bridgehead atoms. The average Bonchev–Trinajstić information content (AvgIpc) is 2.92. The Morgan fingerprint density at radius 3 is 2.84 bits per heavy atom. The molecule has 2 aliphatic rings. The Morgan fingerprint density at radius 2 is 2.16 bits per heavy atom. The number of hydrogen-bond acceptors (Lipinski definition) is 3. The SMILES string of the molecule is COC(=O)[C@H]1[C@@H]2CCC[C@]2(C)N=[N+]1c1ccccc1. The van der Waals surface area contributed by atoms with Gasteiger partial charge in [-0.25, -0.2) is 4.79 Å². The molecule has 1 aliphatic heterocycles. The molecule has 0 unspecified atom stereocenters. The van der Waals surface area contributed by atoms with Crippen LogP contribution in [-0.4, -0.2) is 29.4 Å². The quantitative estimate of drug-likeness (QED) is 0.605. The lowest BCUT2D eigenvalue weighted by Crippen LogP contribution is -2.38. The first-order valence-corrected chi connectivity index (χ1v) is 6.81. The fourth-order valence-corrected chi connectivity index (χ4v) is 3.46. The number of carbonyl (C=O) groups is 1. The number of methoxy groups -OCH3 is 1. The Hall–Kier alpha value is -1.71. The van der Waals surface area contributed by atoms with Crippen LogP contribution in [0.4, 0.5) is 5.69 Å². The number of ether oxygens (including phenoxy) is 1. The molecule has 0 amide bonds. The van der Waals surface area contributed by atoms with Crippen LogP contribution in [0.3, 0.4) is 0 Å². The Morgan fingerprint density at radius 1 is 1.42 bits per heavy atom. The lowest BCUT2D eigenvalue weighted by molar-refractivity contribution is -0.531. The standard InChI is InChI=1S/C15H19N2O2/c1-15-10-6-9-12(15)13(14(18)19-2)17(16-15)11-7-4-3-5-8-11/h3-5,7-8,12-13H,6,9-10H2,1-2H3/q+1/t12-,13+,15-/m0/s1. The highest BCUT2D eigenvalue weighted by atomic mass is 16.5. The van der Waals surface area contributed by atoms with Crippen LogP contribution in [-0.2, 0) is 9.53 Å². The number of esters is 1. The third kappa shape index (κ3) is 1.86. The van der Waals surface area contributed by atoms with Crippen LogP contribution >= 0.6 is 0 Å². The number of nitrogens with zero attached hydrogens (tertiary/aromatic N) is 2. The average molecular weight is 259 g/mol. The predicted octanol–water partition coefficient (Wildman–Crippen LogP) is 2.90. The highest BCUT2D eigenvalue weighted by Crippen LogP contribution is 2.47. The summed E-state index contributed by atoms with van der Waals surface area (Å²) < 4.78 is 6.87. The van der Waals surface area contributed by atoms with Crippen molar-refractivity contribution in [2.75, 3.05) is 7.11 Å². The Labute approximate surface area is 113 Å². The first-order valence-electron chi connectivity index (χ1n) is 6.81. The van der Waals surface area contributed by atoms with Crippen LogP contribution in [0.25, 0.3) is 0 Å². The van der Waals surface area contributed by atoms with Crippen LogP contribution in [0.5, 0.6) is 0 Å². The second-order valence-electron chi connectivity index (χ2n) is 5.60. The summed E-state index contributed by atoms with van der Waals surface area (Å²) in [5, 5.41) is 4.84. The maximum atomic E-state index is 12.2. The van der Waals surface area contributed by atoms with Crippen LogP contribution in [0.2, 0.25) is 0 Å². The van der Waals surface area contributed by atoms with E-state index in [0.29, 0.717) is 0 Å². The molecule has 4 heteroatoms. The zero-order chi connectivity index (χ0) is 13.5. The van der Waals surface area contributed by atoms with Gasteiger partial charge >= 0.3 is 5.97 Å². The minimum absolute atomic E-state index is 0.116. The minimum Gasteiger partial charge on any atom is -0.464 e. The van der Waals surface area contributed by atoms with E-state index in [4.69, 9.17) is 9.85 Å². The number of para-hydroxylation sites is 1. The van der Waals surface area contributed by atoms with E-state index in [9.17, 15) is 4.79 Å². The van der Waals surface area contributed by atoms with Gasteiger partial charge in [0.1, 0.15) is 5.54 Å². The largest absolute Gasteiger partial charge is 0.464 e. The molecule has 4 nitrogen and oxygen atoms in total. The molecule has 1 aromatic rings. The van der Waals surface area contributed by atoms with Crippen molar-refractivity contribution in [1.29, 1.82) is 0 Å². The Bertz CT molecular complexity index is 526. The molecule has 1 aromatic carbocycles. The molecule has 1 aliphatic carbocycles. The summed E-state index contributed by atoms with van der Waals surface area (Å²) in [6.45, 7) is 2.16. The van der Waals surface area contributed by atoms with Crippen molar-refractivity contribution < 1.29 is 14.2 Å². The number of benzene rings is 1. The van der Waals surface area contributed by atoms with Gasteiger partial charge in [-0.3, -0.25) is 0 Å². The molecule has 100 valence electrons. The van der Waals surface area contributed by atoms with Gasteiger partial charge in [-0.05, 0) is 24.9 Å². The maximum absolute atomic E-state index is 12.2. The maximum Gasteiger partial charge on any atom is 0.378 e. The van der Waals surface area contributed by atoms with Gasteiger partial charge in [0.15, 0.2) is 0 Å². The van der Waals surface area contributed by atoms with Gasteiger partial charge in [0.2, 0.25) is 5.69 Å². The summed E-state index contributed by atoms with van der Waals surface area (Å²) >= 11 is 0. The van der Waals surface area contributed by atoms with Crippen LogP contribution < -0.4 is 0 Å². The minimum atomic E-state index is -0.278. The third-order valence-electron chi connectivity index (χ3n) is 4.44. The van der Waals surface area contributed by atoms with Gasteiger partial charge in [-0.2, -0.15) is 0 Å². The monoisotopic (exact) mass is 259 g/mol. The summed E-state index contributed by atoms with van der Waals surface area (Å²) in [5.74, 6) is 0.0865. The first-order chi connectivity index (χ1) is 9.15. The van der Waals surface area contributed by atoms with E-state index in [1.807, 2.05) is 35.0 Å². The summed E-state index contributed by atoms with van der Waals surface area (Å²) in [4.78, 5) is 12.2. The van der Waals surface area contributed by atoms with Crippen molar-refractivity contribution in [3.05, 3.63) is 30.3 Å². The number of rotatable bonds is 2. The topological polar surface area (TPSA) is 41.7 Å². The highest BCUT2D eigenvalue weighted by Gasteiger charge is 2.60. The molecule has 19 heavy (non-hydrogen) atoms. The summed E-state index contributed by atoms with van der Waals surface area (Å²) in [6.07, 6.45) is 3.23. The first kappa shape index (κ1) is 12.3. The second-order valence-corrected chi connectivity index (χ2v) is 5.60. The Balaban J connectivity index is 2.05. The number of hydrogen-bond donors (Lipinski definition) is 0. The zero-order valence-electron chi connectivity index (χ0n) is 11.4. The van der Waals surface area contributed by atoms with Crippen molar-refractivity contribution in [2.45, 2.75) is 37.8 Å². The van der Waals surface area contributed by atoms with E-state index >= 15 is 0 Å². The van der Waals surface area contributed by atoms with Gasteiger partial charge < -0.3 is 4.74 Å². The molecule has 0 N–H and O–H groups in total. The predicted molar refractivity (Wildman–Crippen MR) is 70.3 cm³/mol. The molecular weight excluding hydrogens is 240 g/mol. The summed E-state index contributed by atoms with van der Waals surface area (Å²) in [6, 6.07) is 9.61. The van der Waals surface area contributed by atoms with E-state index in [1.165, 1.54) is 7.11 Å². The van der Waals surface area contributed by atoms with E-state index in [-0.39, 0.29) is 23.5 Å². The molecule has 1 fully saturated rings. The molecule has 0 saturated heterocycles. The van der Waals surface area contributed by atoms with E-state index < -0.39 is 0 Å². The van der Waals surface area contributed by atoms with Gasteiger partial charge in [-0.15, -0.1) is 0 Å². The van der Waals surface area contributed by atoms with Crippen molar-refractivity contribution >= 4 is 11.7 Å². The normalized spacial score (nSPS) is 32.8. The van der Waals surface area contributed by atoms with E-state index in [2.05, 4.69) is 6.92 Å². The van der Waals surface area contributed by atoms with Crippen LogP contribution in [0, 0.1) is 5.92 Å². The van der Waals surface area contributed by atoms with Gasteiger partial charge in [0, 0.05) is 12.1 Å². The summed E-state index contributed by atoms with van der Waals surface area (Å²) in [7, 11) is 1.45. The van der Waals surface area contributed by atoms with Crippen molar-refractivity contribution in [1.82, 2.24) is 0 Å². The van der Waals surface area contributed by atoms with E-state index in [1.54, 1.807) is 0 Å². The van der Waals surface area contributed by atoms with Gasteiger partial charge in [0.05, 0.1) is 13.0 Å². The lowest BCUT2D eigenvalue weighted by Gasteiger charge is -2.16. The smallest absolute Gasteiger partial charge is 0.378 e. The van der Waals surface area contributed by atoms with Crippen LogP contribution in [0.15, 0.2) is 35.4 Å². The molecule has 0 aromatic heterocycles. The molecule has 3 rings (SSSR count). The fourth-order valence-electron chi connectivity index (χ4n) is 3.46. The molecule has 1 heterocycles. The third-order valence-corrected chi connectivity index (χ3v) is 4.44. The molecule has 1 saturated carbocycles. The number of fused-ring (bicyclic) bond motifs is 1. The van der Waals surface area contributed by atoms with E-state index in [0.717, 1.165) is 24.9 Å².